The molecule has 1 N–H and O–H groups in total. The Hall–Kier alpha value is -2.89. The Bertz CT molecular complexity index is 977. The first-order chi connectivity index (χ1) is 13.6. The highest BCUT2D eigenvalue weighted by molar-refractivity contribution is 6.30. The van der Waals surface area contributed by atoms with Gasteiger partial charge >= 0.3 is 0 Å². The summed E-state index contributed by atoms with van der Waals surface area (Å²) >= 11 is 5.88. The molecular weight excluding hydrogens is 379 g/mol. The Balaban J connectivity index is 1.49. The second-order valence-electron chi connectivity index (χ2n) is 6.54. The number of nitrogens with one attached hydrogen (secondary N) is 1. The van der Waals surface area contributed by atoms with Gasteiger partial charge in [0.1, 0.15) is 17.3 Å². The molecule has 0 spiro atoms. The van der Waals surface area contributed by atoms with E-state index in [0.29, 0.717) is 22.9 Å². The summed E-state index contributed by atoms with van der Waals surface area (Å²) in [5.41, 5.74) is 1.60. The number of ether oxygens (including phenoxy) is 1. The summed E-state index contributed by atoms with van der Waals surface area (Å²) in [6, 6.07) is 20.8. The van der Waals surface area contributed by atoms with Gasteiger partial charge in [-0.05, 0) is 66.2 Å². The average Bonchev–Trinajstić information content (AvgIpc) is 3.04. The first-order valence-electron chi connectivity index (χ1n) is 8.92. The van der Waals surface area contributed by atoms with E-state index in [4.69, 9.17) is 16.3 Å². The van der Waals surface area contributed by atoms with E-state index in [9.17, 15) is 9.18 Å². The number of anilines is 1. The topological polar surface area (TPSA) is 41.6 Å². The molecule has 3 aromatic rings. The van der Waals surface area contributed by atoms with E-state index in [0.717, 1.165) is 11.3 Å². The molecule has 0 aromatic heterocycles. The van der Waals surface area contributed by atoms with Gasteiger partial charge in [-0.1, -0.05) is 23.7 Å². The van der Waals surface area contributed by atoms with Gasteiger partial charge in [-0.25, -0.2) is 4.39 Å². The SMILES string of the molecule is O=C1CNC(Cc2cccc(F)c2)N1c1ccc(Oc2ccc(Cl)cc2)cc1. The third kappa shape index (κ3) is 4.16. The fourth-order valence-electron chi connectivity index (χ4n) is 3.24. The minimum atomic E-state index is -0.280. The molecule has 1 unspecified atom stereocenters. The lowest BCUT2D eigenvalue weighted by Gasteiger charge is -2.24. The second kappa shape index (κ2) is 8.00. The van der Waals surface area contributed by atoms with E-state index in [1.807, 2.05) is 30.3 Å². The van der Waals surface area contributed by atoms with Gasteiger partial charge in [0.05, 0.1) is 12.7 Å². The van der Waals surface area contributed by atoms with Gasteiger partial charge in [0, 0.05) is 17.1 Å². The summed E-state index contributed by atoms with van der Waals surface area (Å²) in [4.78, 5) is 14.1. The molecule has 4 nitrogen and oxygen atoms in total. The van der Waals surface area contributed by atoms with Crippen molar-refractivity contribution in [2.24, 2.45) is 0 Å². The van der Waals surface area contributed by atoms with Gasteiger partial charge in [0.25, 0.3) is 0 Å². The average molecular weight is 397 g/mol. The number of hydrogen-bond acceptors (Lipinski definition) is 3. The minimum Gasteiger partial charge on any atom is -0.457 e. The Labute approximate surface area is 167 Å². The lowest BCUT2D eigenvalue weighted by atomic mass is 10.1. The molecule has 1 fully saturated rings. The van der Waals surface area contributed by atoms with Crippen molar-refractivity contribution in [1.82, 2.24) is 5.32 Å². The van der Waals surface area contributed by atoms with Crippen LogP contribution in [-0.4, -0.2) is 18.6 Å². The molecule has 0 saturated carbocycles. The lowest BCUT2D eigenvalue weighted by Crippen LogP contribution is -2.39. The number of carbonyl (C=O) groups is 1. The van der Waals surface area contributed by atoms with E-state index in [1.54, 1.807) is 35.2 Å². The van der Waals surface area contributed by atoms with Crippen LogP contribution in [0.15, 0.2) is 72.8 Å². The van der Waals surface area contributed by atoms with E-state index >= 15 is 0 Å². The number of hydrogen-bond donors (Lipinski definition) is 1. The molecule has 1 aliphatic rings. The predicted octanol–water partition coefficient (Wildman–Crippen LogP) is 4.78. The van der Waals surface area contributed by atoms with Crippen LogP contribution in [0.3, 0.4) is 0 Å². The van der Waals surface area contributed by atoms with Crippen molar-refractivity contribution < 1.29 is 13.9 Å². The summed E-state index contributed by atoms with van der Waals surface area (Å²) in [6.45, 7) is 0.253. The van der Waals surface area contributed by atoms with E-state index in [1.165, 1.54) is 12.1 Å². The Kier molecular flexibility index (Phi) is 5.28. The van der Waals surface area contributed by atoms with Gasteiger partial charge < -0.3 is 4.74 Å². The first kappa shape index (κ1) is 18.5. The Morgan fingerprint density at radius 2 is 1.71 bits per heavy atom. The molecule has 4 rings (SSSR count). The minimum absolute atomic E-state index is 0.0206. The number of halogens is 2. The monoisotopic (exact) mass is 396 g/mol. The van der Waals surface area contributed by atoms with Gasteiger partial charge in [0.15, 0.2) is 0 Å². The van der Waals surface area contributed by atoms with Crippen molar-refractivity contribution in [3.63, 3.8) is 0 Å². The van der Waals surface area contributed by atoms with Gasteiger partial charge in [0.2, 0.25) is 5.91 Å². The first-order valence-corrected chi connectivity index (χ1v) is 9.30. The summed E-state index contributed by atoms with van der Waals surface area (Å²) in [5, 5.41) is 3.84. The van der Waals surface area contributed by atoms with Crippen LogP contribution in [-0.2, 0) is 11.2 Å². The van der Waals surface area contributed by atoms with Crippen LogP contribution >= 0.6 is 11.6 Å². The third-order valence-electron chi connectivity index (χ3n) is 4.55. The molecule has 1 heterocycles. The van der Waals surface area contributed by atoms with Crippen LogP contribution in [0.5, 0.6) is 11.5 Å². The number of benzene rings is 3. The molecule has 142 valence electrons. The molecular formula is C22H18ClFN2O2. The summed E-state index contributed by atoms with van der Waals surface area (Å²) in [5.74, 6) is 1.04. The number of nitrogens with zero attached hydrogens (tertiary/aromatic N) is 1. The highest BCUT2D eigenvalue weighted by Crippen LogP contribution is 2.28. The van der Waals surface area contributed by atoms with Crippen molar-refractivity contribution in [1.29, 1.82) is 0 Å². The van der Waals surface area contributed by atoms with Crippen molar-refractivity contribution in [3.05, 3.63) is 89.2 Å². The third-order valence-corrected chi connectivity index (χ3v) is 4.80. The standard InChI is InChI=1S/C22H18ClFN2O2/c23-16-4-8-19(9-5-16)28-20-10-6-18(7-11-20)26-21(25-14-22(26)27)13-15-2-1-3-17(24)12-15/h1-12,21,25H,13-14H2. The molecule has 1 aliphatic heterocycles. The fraction of sp³-hybridized carbons (Fsp3) is 0.136. The summed E-state index contributed by atoms with van der Waals surface area (Å²) < 4.78 is 19.3. The van der Waals surface area contributed by atoms with Crippen molar-refractivity contribution in [3.8, 4) is 11.5 Å². The molecule has 0 aliphatic carbocycles. The highest BCUT2D eigenvalue weighted by Gasteiger charge is 2.31. The van der Waals surface area contributed by atoms with Crippen molar-refractivity contribution >= 4 is 23.2 Å². The van der Waals surface area contributed by atoms with Crippen LogP contribution in [0, 0.1) is 5.82 Å². The van der Waals surface area contributed by atoms with Crippen LogP contribution in [0.4, 0.5) is 10.1 Å². The zero-order valence-electron chi connectivity index (χ0n) is 14.9. The molecule has 28 heavy (non-hydrogen) atoms. The Morgan fingerprint density at radius 3 is 2.39 bits per heavy atom. The maximum Gasteiger partial charge on any atom is 0.242 e. The molecule has 0 bridgehead atoms. The summed E-state index contributed by atoms with van der Waals surface area (Å²) in [6.07, 6.45) is 0.296. The predicted molar refractivity (Wildman–Crippen MR) is 107 cm³/mol. The zero-order chi connectivity index (χ0) is 19.5. The Morgan fingerprint density at radius 1 is 1.04 bits per heavy atom. The molecule has 3 aromatic carbocycles. The van der Waals surface area contributed by atoms with E-state index in [-0.39, 0.29) is 24.4 Å². The number of carbonyl (C=O) groups excluding carboxylic acids is 1. The van der Waals surface area contributed by atoms with E-state index in [2.05, 4.69) is 5.32 Å². The van der Waals surface area contributed by atoms with Gasteiger partial charge in [-0.2, -0.15) is 0 Å². The molecule has 1 saturated heterocycles. The van der Waals surface area contributed by atoms with Crippen LogP contribution in [0.1, 0.15) is 5.56 Å². The quantitative estimate of drug-likeness (QED) is 0.675. The highest BCUT2D eigenvalue weighted by atomic mass is 35.5. The van der Waals surface area contributed by atoms with Gasteiger partial charge in [-0.15, -0.1) is 0 Å². The van der Waals surface area contributed by atoms with Crippen molar-refractivity contribution in [2.75, 3.05) is 11.4 Å². The van der Waals surface area contributed by atoms with E-state index < -0.39 is 0 Å². The largest absolute Gasteiger partial charge is 0.457 e. The smallest absolute Gasteiger partial charge is 0.242 e. The summed E-state index contributed by atoms with van der Waals surface area (Å²) in [7, 11) is 0. The number of amides is 1. The van der Waals surface area contributed by atoms with Crippen LogP contribution in [0.2, 0.25) is 5.02 Å². The number of rotatable bonds is 5. The normalized spacial score (nSPS) is 16.4. The second-order valence-corrected chi connectivity index (χ2v) is 6.98. The maximum absolute atomic E-state index is 13.5. The van der Waals surface area contributed by atoms with Gasteiger partial charge in [-0.3, -0.25) is 15.0 Å². The fourth-order valence-corrected chi connectivity index (χ4v) is 3.37. The van der Waals surface area contributed by atoms with Crippen molar-refractivity contribution in [2.45, 2.75) is 12.6 Å². The van der Waals surface area contributed by atoms with Crippen LogP contribution < -0.4 is 15.0 Å². The molecule has 1 amide bonds. The molecule has 0 radical (unpaired) electrons. The maximum atomic E-state index is 13.5. The van der Waals surface area contributed by atoms with Crippen LogP contribution in [0.25, 0.3) is 0 Å². The molecule has 1 atom stereocenters. The lowest BCUT2D eigenvalue weighted by molar-refractivity contribution is -0.116. The molecule has 6 heteroatoms. The zero-order valence-corrected chi connectivity index (χ0v) is 15.7.